The van der Waals surface area contributed by atoms with Gasteiger partial charge in [-0.1, -0.05) is 30.9 Å². The van der Waals surface area contributed by atoms with Gasteiger partial charge < -0.3 is 8.59 Å². The molecule has 0 rings (SSSR count). The molecule has 0 spiro atoms. The smallest absolute Gasteiger partial charge is 1.00 e. The molecule has 4 heteroatoms. The molecule has 0 unspecified atom stereocenters. The third kappa shape index (κ3) is 10.1. The Morgan fingerprint density at radius 2 is 2.38 bits per heavy atom. The first kappa shape index (κ1) is 11.8. The molecule has 0 radical (unpaired) electrons. The number of hydrogen-bond acceptors (Lipinski definition) is 2. The van der Waals surface area contributed by atoms with Crippen LogP contribution < -0.4 is 5.73 Å². The molecule has 0 aromatic rings. The second-order valence-corrected chi connectivity index (χ2v) is 3.00. The van der Waals surface area contributed by atoms with Gasteiger partial charge in [-0.25, -0.2) is 0 Å². The van der Waals surface area contributed by atoms with Gasteiger partial charge >= 0.3 is 23.1 Å². The van der Waals surface area contributed by atoms with Crippen molar-refractivity contribution in [1.82, 2.24) is 0 Å². The Labute approximate surface area is 78.9 Å². The van der Waals surface area contributed by atoms with Crippen molar-refractivity contribution in [2.75, 3.05) is 5.75 Å². The third-order valence-corrected chi connectivity index (χ3v) is 1.70. The third-order valence-electron chi connectivity index (χ3n) is 0.448. The van der Waals surface area contributed by atoms with Crippen LogP contribution in [0, 0.1) is 0 Å². The van der Waals surface area contributed by atoms with E-state index in [1.54, 1.807) is 11.8 Å². The summed E-state index contributed by atoms with van der Waals surface area (Å²) in [7, 11) is 0. The van der Waals surface area contributed by atoms with Crippen molar-refractivity contribution in [3.63, 3.8) is 0 Å². The van der Waals surface area contributed by atoms with Gasteiger partial charge in [-0.2, -0.15) is 0 Å². The molecule has 1 nitrogen and oxygen atoms in total. The molecule has 0 saturated carbocycles. The Balaban J connectivity index is -0.0000000600. The zero-order valence-electron chi connectivity index (χ0n) is 7.02. The molecule has 0 aliphatic carbocycles. The van der Waals surface area contributed by atoms with Gasteiger partial charge in [0.1, 0.15) is 4.32 Å². The molecule has 2 N–H and O–H groups in total. The molecule has 8 heavy (non-hydrogen) atoms. The van der Waals surface area contributed by atoms with Crippen LogP contribution in [0.2, 0.25) is 0 Å². The van der Waals surface area contributed by atoms with E-state index in [2.05, 4.69) is 19.1 Å². The minimum Gasteiger partial charge on any atom is -1.00 e. The quantitative estimate of drug-likeness (QED) is 0.487. The van der Waals surface area contributed by atoms with E-state index in [-0.39, 0.29) is 25.9 Å². The van der Waals surface area contributed by atoms with Gasteiger partial charge in [0.15, 0.2) is 0 Å². The van der Waals surface area contributed by atoms with Gasteiger partial charge in [0.25, 0.3) is 0 Å². The monoisotopic (exact) mass is 161 g/mol. The average Bonchev–Trinajstić information content (AvgIpc) is 1.61. The topological polar surface area (TPSA) is 26.0 Å². The van der Waals surface area contributed by atoms with Crippen molar-refractivity contribution in [1.29, 1.82) is 0 Å². The molecular formula is C4H11MgNS2. The van der Waals surface area contributed by atoms with Gasteiger partial charge in [0, 0.05) is 0 Å². The van der Waals surface area contributed by atoms with E-state index in [1.165, 1.54) is 0 Å². The molecule has 0 aliphatic rings. The summed E-state index contributed by atoms with van der Waals surface area (Å²) in [6.07, 6.45) is 1.14. The average molecular weight is 162 g/mol. The summed E-state index contributed by atoms with van der Waals surface area (Å²) in [5.74, 6) is 1.05. The predicted molar refractivity (Wildman–Crippen MR) is 47.5 cm³/mol. The van der Waals surface area contributed by atoms with Gasteiger partial charge in [-0.3, -0.25) is 0 Å². The normalized spacial score (nSPS) is 7.62. The second kappa shape index (κ2) is 8.01. The molecule has 0 aliphatic heterocycles. The number of rotatable bonds is 2. The Morgan fingerprint density at radius 1 is 1.88 bits per heavy atom. The van der Waals surface area contributed by atoms with E-state index < -0.39 is 0 Å². The van der Waals surface area contributed by atoms with Gasteiger partial charge in [-0.15, -0.1) is 0 Å². The molecule has 0 amide bonds. The SMILES string of the molecule is CCCSC(N)=S.[H-].[H-].[Mg+2]. The molecule has 46 valence electrons. The van der Waals surface area contributed by atoms with E-state index in [1.807, 2.05) is 0 Å². The molecule has 0 fully saturated rings. The first-order valence-corrected chi connectivity index (χ1v) is 3.59. The minimum atomic E-state index is 0. The van der Waals surface area contributed by atoms with E-state index in [0.717, 1.165) is 12.2 Å². The van der Waals surface area contributed by atoms with Crippen molar-refractivity contribution < 1.29 is 2.85 Å². The van der Waals surface area contributed by atoms with Crippen molar-refractivity contribution in [3.8, 4) is 0 Å². The number of hydrogen-bond donors (Lipinski definition) is 1. The molecule has 0 aromatic carbocycles. The van der Waals surface area contributed by atoms with Crippen LogP contribution in [-0.4, -0.2) is 33.1 Å². The Bertz CT molecular complexity index is 74.3. The molecular weight excluding hydrogens is 150 g/mol. The standard InChI is InChI=1S/C4H9NS2.Mg.2H/c1-2-3-7-4(5)6;;;/h2-3H2,1H3,(H2,5,6);;;/q;+2;2*-1. The molecule has 0 bridgehead atoms. The van der Waals surface area contributed by atoms with E-state index >= 15 is 0 Å². The van der Waals surface area contributed by atoms with Crippen molar-refractivity contribution in [2.45, 2.75) is 13.3 Å². The predicted octanol–water partition coefficient (Wildman–Crippen LogP) is 1.22. The Hall–Kier alpha value is 1.01. The zero-order chi connectivity index (χ0) is 5.70. The van der Waals surface area contributed by atoms with Gasteiger partial charge in [-0.05, 0) is 12.2 Å². The van der Waals surface area contributed by atoms with Crippen LogP contribution in [0.25, 0.3) is 0 Å². The number of thioether (sulfide) groups is 1. The fourth-order valence-electron chi connectivity index (χ4n) is 0.203. The first-order valence-electron chi connectivity index (χ1n) is 2.19. The maximum atomic E-state index is 5.17. The van der Waals surface area contributed by atoms with Gasteiger partial charge in [0.05, 0.1) is 0 Å². The summed E-state index contributed by atoms with van der Waals surface area (Å²) in [5, 5.41) is 0. The van der Waals surface area contributed by atoms with Crippen molar-refractivity contribution in [2.24, 2.45) is 5.73 Å². The summed E-state index contributed by atoms with van der Waals surface area (Å²) >= 11 is 6.14. The van der Waals surface area contributed by atoms with Crippen LogP contribution in [0.5, 0.6) is 0 Å². The number of nitrogens with two attached hydrogens (primary N) is 1. The fourth-order valence-corrected chi connectivity index (χ4v) is 0.858. The summed E-state index contributed by atoms with van der Waals surface area (Å²) in [4.78, 5) is 0. The summed E-state index contributed by atoms with van der Waals surface area (Å²) < 4.78 is 0.557. The Kier molecular flexibility index (Phi) is 11.8. The molecule has 0 aromatic heterocycles. The van der Waals surface area contributed by atoms with Crippen LogP contribution in [0.15, 0.2) is 0 Å². The van der Waals surface area contributed by atoms with Crippen LogP contribution in [0.3, 0.4) is 0 Å². The number of thiocarbonyl (C=S) groups is 1. The van der Waals surface area contributed by atoms with E-state index in [0.29, 0.717) is 4.32 Å². The van der Waals surface area contributed by atoms with Crippen LogP contribution >= 0.6 is 24.0 Å². The maximum absolute atomic E-state index is 5.17. The van der Waals surface area contributed by atoms with Crippen LogP contribution in [0.1, 0.15) is 16.2 Å². The van der Waals surface area contributed by atoms with Crippen LogP contribution in [-0.2, 0) is 0 Å². The van der Waals surface area contributed by atoms with Crippen molar-refractivity contribution in [3.05, 3.63) is 0 Å². The maximum Gasteiger partial charge on any atom is 2.00 e. The van der Waals surface area contributed by atoms with E-state index in [9.17, 15) is 0 Å². The summed E-state index contributed by atoms with van der Waals surface area (Å²) in [6.45, 7) is 2.10. The molecule has 0 heterocycles. The fraction of sp³-hybridized carbons (Fsp3) is 0.750. The second-order valence-electron chi connectivity index (χ2n) is 1.17. The summed E-state index contributed by atoms with van der Waals surface area (Å²) in [5.41, 5.74) is 5.17. The van der Waals surface area contributed by atoms with Gasteiger partial charge in [0.2, 0.25) is 0 Å². The van der Waals surface area contributed by atoms with Crippen molar-refractivity contribution >= 4 is 51.4 Å². The van der Waals surface area contributed by atoms with Crippen LogP contribution in [0.4, 0.5) is 0 Å². The minimum absolute atomic E-state index is 0. The summed E-state index contributed by atoms with van der Waals surface area (Å²) in [6, 6.07) is 0. The molecule has 0 saturated heterocycles. The Morgan fingerprint density at radius 3 is 2.50 bits per heavy atom. The zero-order valence-corrected chi connectivity index (χ0v) is 8.06. The largest absolute Gasteiger partial charge is 2.00 e. The van der Waals surface area contributed by atoms with E-state index in [4.69, 9.17) is 5.73 Å². The first-order chi connectivity index (χ1) is 3.27. The molecule has 0 atom stereocenters.